The van der Waals surface area contributed by atoms with Crippen molar-refractivity contribution in [1.82, 2.24) is 10.9 Å². The number of carbonyl (C=O) groups excluding carboxylic acids is 2. The fraction of sp³-hybridized carbons (Fsp3) is 0.714. The summed E-state index contributed by atoms with van der Waals surface area (Å²) in [5, 5.41) is 7.69. The molecule has 0 aromatic heterocycles. The Bertz CT molecular complexity index is 335. The second kappa shape index (κ2) is 9.23. The predicted molar refractivity (Wildman–Crippen MR) is 79.3 cm³/mol. The molecule has 6 heteroatoms. The number of hydrogen-bond donors (Lipinski definition) is 2. The van der Waals surface area contributed by atoms with Gasteiger partial charge in [0.1, 0.15) is 0 Å². The van der Waals surface area contributed by atoms with E-state index >= 15 is 0 Å². The van der Waals surface area contributed by atoms with Crippen LogP contribution in [0.25, 0.3) is 0 Å². The molecule has 0 spiro atoms. The van der Waals surface area contributed by atoms with Gasteiger partial charge < -0.3 is 0 Å². The third kappa shape index (κ3) is 5.50. The zero-order valence-electron chi connectivity index (χ0n) is 12.3. The number of rotatable bonds is 6. The topological polar surface area (TPSA) is 82.9 Å². The highest BCUT2D eigenvalue weighted by atomic mass is 16.2. The number of nitrogens with zero attached hydrogens (tertiary/aromatic N) is 2. The minimum absolute atomic E-state index is 0.0350. The summed E-state index contributed by atoms with van der Waals surface area (Å²) in [4.78, 5) is 23.6. The van der Waals surface area contributed by atoms with Crippen LogP contribution in [0.1, 0.15) is 52.4 Å². The summed E-state index contributed by atoms with van der Waals surface area (Å²) in [6, 6.07) is 0. The van der Waals surface area contributed by atoms with Crippen molar-refractivity contribution in [2.24, 2.45) is 22.0 Å². The molecule has 1 rings (SSSR count). The molecule has 2 amide bonds. The summed E-state index contributed by atoms with van der Waals surface area (Å²) >= 11 is 0. The molecule has 20 heavy (non-hydrogen) atoms. The summed E-state index contributed by atoms with van der Waals surface area (Å²) in [5.41, 5.74) is 5.09. The van der Waals surface area contributed by atoms with Crippen molar-refractivity contribution in [2.75, 3.05) is 0 Å². The molecule has 1 saturated carbocycles. The molecular weight excluding hydrogens is 256 g/mol. The van der Waals surface area contributed by atoms with Gasteiger partial charge in [0, 0.05) is 24.3 Å². The van der Waals surface area contributed by atoms with Crippen LogP contribution in [-0.4, -0.2) is 24.2 Å². The van der Waals surface area contributed by atoms with Crippen molar-refractivity contribution in [3.63, 3.8) is 0 Å². The smallest absolute Gasteiger partial charge is 0.243 e. The molecular formula is C14H24N4O2. The van der Waals surface area contributed by atoms with Crippen molar-refractivity contribution < 1.29 is 9.59 Å². The van der Waals surface area contributed by atoms with E-state index < -0.39 is 0 Å². The van der Waals surface area contributed by atoms with Gasteiger partial charge in [0.05, 0.1) is 0 Å². The Morgan fingerprint density at radius 2 is 1.25 bits per heavy atom. The Labute approximate surface area is 120 Å². The molecule has 1 aliphatic carbocycles. The van der Waals surface area contributed by atoms with Gasteiger partial charge in [-0.2, -0.15) is 10.2 Å². The minimum Gasteiger partial charge on any atom is -0.273 e. The van der Waals surface area contributed by atoms with Crippen LogP contribution in [0.5, 0.6) is 0 Å². The van der Waals surface area contributed by atoms with Gasteiger partial charge in [-0.25, -0.2) is 10.9 Å². The second-order valence-corrected chi connectivity index (χ2v) is 4.94. The third-order valence-corrected chi connectivity index (χ3v) is 3.37. The van der Waals surface area contributed by atoms with E-state index in [9.17, 15) is 9.59 Å². The predicted octanol–water partition coefficient (Wildman–Crippen LogP) is 1.82. The lowest BCUT2D eigenvalue weighted by atomic mass is 9.81. The maximum atomic E-state index is 11.8. The summed E-state index contributed by atoms with van der Waals surface area (Å²) < 4.78 is 0. The van der Waals surface area contributed by atoms with Gasteiger partial charge >= 0.3 is 0 Å². The molecule has 0 aromatic carbocycles. The molecule has 1 fully saturated rings. The molecule has 0 bridgehead atoms. The highest BCUT2D eigenvalue weighted by Crippen LogP contribution is 2.29. The second-order valence-electron chi connectivity index (χ2n) is 4.94. The van der Waals surface area contributed by atoms with Gasteiger partial charge in [0.25, 0.3) is 0 Å². The van der Waals surface area contributed by atoms with Gasteiger partial charge in [-0.05, 0) is 38.5 Å². The largest absolute Gasteiger partial charge is 0.273 e. The van der Waals surface area contributed by atoms with Crippen LogP contribution in [0.3, 0.4) is 0 Å². The number of amides is 2. The monoisotopic (exact) mass is 280 g/mol. The average molecular weight is 280 g/mol. The number of hydrogen-bond acceptors (Lipinski definition) is 4. The molecule has 112 valence electrons. The van der Waals surface area contributed by atoms with Crippen LogP contribution in [0.4, 0.5) is 0 Å². The molecule has 0 atom stereocenters. The van der Waals surface area contributed by atoms with Gasteiger partial charge in [0.2, 0.25) is 11.8 Å². The van der Waals surface area contributed by atoms with E-state index in [-0.39, 0.29) is 23.7 Å². The highest BCUT2D eigenvalue weighted by Gasteiger charge is 2.29. The normalized spacial score (nSPS) is 23.1. The summed E-state index contributed by atoms with van der Waals surface area (Å²) in [6.45, 7) is 3.92. The van der Waals surface area contributed by atoms with E-state index in [1.54, 1.807) is 12.4 Å². The van der Waals surface area contributed by atoms with Gasteiger partial charge in [-0.3, -0.25) is 9.59 Å². The Kier molecular flexibility index (Phi) is 7.54. The maximum Gasteiger partial charge on any atom is 0.243 e. The molecule has 0 saturated heterocycles. The molecule has 0 unspecified atom stereocenters. The average Bonchev–Trinajstić information content (AvgIpc) is 2.47. The van der Waals surface area contributed by atoms with E-state index in [0.29, 0.717) is 0 Å². The molecule has 6 nitrogen and oxygen atoms in total. The van der Waals surface area contributed by atoms with E-state index in [4.69, 9.17) is 0 Å². The lowest BCUT2D eigenvalue weighted by Gasteiger charge is -2.25. The first-order valence-corrected chi connectivity index (χ1v) is 7.31. The molecule has 0 aromatic rings. The Balaban J connectivity index is 2.32. The lowest BCUT2D eigenvalue weighted by molar-refractivity contribution is -0.130. The van der Waals surface area contributed by atoms with Gasteiger partial charge in [0.15, 0.2) is 0 Å². The van der Waals surface area contributed by atoms with Crippen molar-refractivity contribution in [3.8, 4) is 0 Å². The first-order chi connectivity index (χ1) is 9.69. The van der Waals surface area contributed by atoms with Crippen LogP contribution in [-0.2, 0) is 9.59 Å². The highest BCUT2D eigenvalue weighted by molar-refractivity contribution is 5.81. The fourth-order valence-corrected chi connectivity index (χ4v) is 2.20. The molecule has 0 radical (unpaired) electrons. The van der Waals surface area contributed by atoms with Crippen LogP contribution < -0.4 is 10.9 Å². The third-order valence-electron chi connectivity index (χ3n) is 3.37. The van der Waals surface area contributed by atoms with E-state index in [2.05, 4.69) is 21.1 Å². The van der Waals surface area contributed by atoms with Crippen LogP contribution in [0, 0.1) is 11.8 Å². The Morgan fingerprint density at radius 3 is 1.55 bits per heavy atom. The quantitative estimate of drug-likeness (QED) is 0.574. The van der Waals surface area contributed by atoms with Crippen molar-refractivity contribution in [2.45, 2.75) is 52.4 Å². The van der Waals surface area contributed by atoms with Crippen molar-refractivity contribution in [3.05, 3.63) is 0 Å². The number of hydrazone groups is 2. The zero-order valence-corrected chi connectivity index (χ0v) is 12.3. The Hall–Kier alpha value is -1.72. The van der Waals surface area contributed by atoms with Crippen LogP contribution in [0.15, 0.2) is 10.2 Å². The Morgan fingerprint density at radius 1 is 0.900 bits per heavy atom. The first-order valence-electron chi connectivity index (χ1n) is 7.31. The van der Waals surface area contributed by atoms with Crippen molar-refractivity contribution >= 4 is 24.2 Å². The van der Waals surface area contributed by atoms with Crippen molar-refractivity contribution in [1.29, 1.82) is 0 Å². The summed E-state index contributed by atoms with van der Waals surface area (Å²) in [7, 11) is 0. The van der Waals surface area contributed by atoms with E-state index in [1.807, 2.05) is 13.8 Å². The number of carbonyl (C=O) groups is 2. The van der Waals surface area contributed by atoms with E-state index in [0.717, 1.165) is 38.5 Å². The first kappa shape index (κ1) is 16.3. The molecule has 0 heterocycles. The minimum atomic E-state index is -0.0439. The van der Waals surface area contributed by atoms with Crippen LogP contribution >= 0.6 is 0 Å². The summed E-state index contributed by atoms with van der Waals surface area (Å²) in [6.07, 6.45) is 7.83. The van der Waals surface area contributed by atoms with Gasteiger partial charge in [-0.1, -0.05) is 13.8 Å². The standard InChI is InChI=1S/C14H24N4O2/c1-3-9-15-17-13(19)11-5-7-12(8-6-11)14(20)18-16-10-4-2/h9-12H,3-8H2,1-2H3,(H,17,19)(H,18,20)/b15-9+,16-10+. The van der Waals surface area contributed by atoms with Gasteiger partial charge in [-0.15, -0.1) is 0 Å². The zero-order chi connectivity index (χ0) is 14.8. The fourth-order valence-electron chi connectivity index (χ4n) is 2.20. The molecule has 1 aliphatic rings. The van der Waals surface area contributed by atoms with E-state index in [1.165, 1.54) is 0 Å². The van der Waals surface area contributed by atoms with Crippen LogP contribution in [0.2, 0.25) is 0 Å². The maximum absolute atomic E-state index is 11.8. The molecule has 2 N–H and O–H groups in total. The number of nitrogens with one attached hydrogen (secondary N) is 2. The lowest BCUT2D eigenvalue weighted by Crippen LogP contribution is -2.34. The summed E-state index contributed by atoms with van der Waals surface area (Å²) in [5.74, 6) is -0.158. The molecule has 0 aliphatic heterocycles. The SMILES string of the molecule is CC/C=N/NC(=O)C1CCC(C(=O)N/N=C/CC)CC1.